The van der Waals surface area contributed by atoms with E-state index in [4.69, 9.17) is 0 Å². The predicted molar refractivity (Wildman–Crippen MR) is 87.6 cm³/mol. The summed E-state index contributed by atoms with van der Waals surface area (Å²) in [6.45, 7) is 0.254. The van der Waals surface area contributed by atoms with Crippen LogP contribution in [0.15, 0.2) is 18.2 Å². The number of carbonyl (C=O) groups is 1. The average Bonchev–Trinajstić information content (AvgIpc) is 2.94. The van der Waals surface area contributed by atoms with Gasteiger partial charge in [0.05, 0.1) is 6.04 Å². The first-order chi connectivity index (χ1) is 10.6. The van der Waals surface area contributed by atoms with Crippen LogP contribution in [0.1, 0.15) is 37.7 Å². The molecule has 2 N–H and O–H groups in total. The zero-order valence-electron chi connectivity index (χ0n) is 13.0. The van der Waals surface area contributed by atoms with Gasteiger partial charge < -0.3 is 10.6 Å². The minimum absolute atomic E-state index is 0. The van der Waals surface area contributed by atoms with Crippen LogP contribution in [-0.4, -0.2) is 24.5 Å². The van der Waals surface area contributed by atoms with Crippen molar-refractivity contribution < 1.29 is 13.6 Å². The summed E-state index contributed by atoms with van der Waals surface area (Å²) in [7, 11) is 0. The first-order valence-corrected chi connectivity index (χ1v) is 8.12. The van der Waals surface area contributed by atoms with Gasteiger partial charge in [0.2, 0.25) is 5.91 Å². The fourth-order valence-corrected chi connectivity index (χ4v) is 3.73. The maximum Gasteiger partial charge on any atom is 0.237 e. The highest BCUT2D eigenvalue weighted by atomic mass is 35.5. The normalized spacial score (nSPS) is 26.3. The molecule has 1 saturated carbocycles. The Morgan fingerprint density at radius 2 is 1.91 bits per heavy atom. The molecule has 2 fully saturated rings. The van der Waals surface area contributed by atoms with E-state index in [1.165, 1.54) is 37.5 Å². The van der Waals surface area contributed by atoms with Gasteiger partial charge in [0.1, 0.15) is 11.6 Å². The van der Waals surface area contributed by atoms with Crippen molar-refractivity contribution in [2.75, 3.05) is 6.54 Å². The lowest BCUT2D eigenvalue weighted by atomic mass is 9.85. The van der Waals surface area contributed by atoms with Crippen molar-refractivity contribution >= 4 is 18.3 Å². The highest BCUT2D eigenvalue weighted by Gasteiger charge is 2.37. The molecule has 3 nitrogen and oxygen atoms in total. The Bertz CT molecular complexity index is 521. The van der Waals surface area contributed by atoms with Crippen LogP contribution in [0.4, 0.5) is 8.78 Å². The molecular formula is C17H23ClF2N2O. The van der Waals surface area contributed by atoms with E-state index < -0.39 is 11.6 Å². The molecule has 0 bridgehead atoms. The van der Waals surface area contributed by atoms with Gasteiger partial charge in [-0.05, 0) is 43.7 Å². The second kappa shape index (κ2) is 8.06. The second-order valence-electron chi connectivity index (χ2n) is 6.35. The van der Waals surface area contributed by atoms with E-state index >= 15 is 0 Å². The van der Waals surface area contributed by atoms with Crippen LogP contribution >= 0.6 is 12.4 Å². The summed E-state index contributed by atoms with van der Waals surface area (Å²) in [6, 6.07) is 4.14. The van der Waals surface area contributed by atoms with Crippen LogP contribution in [0.3, 0.4) is 0 Å². The maximum atomic E-state index is 13.5. The molecule has 3 unspecified atom stereocenters. The number of carbonyl (C=O) groups excluding carboxylic acids is 1. The molecule has 3 rings (SSSR count). The molecule has 3 atom stereocenters. The van der Waals surface area contributed by atoms with Crippen molar-refractivity contribution in [1.29, 1.82) is 0 Å². The minimum atomic E-state index is -0.556. The summed E-state index contributed by atoms with van der Waals surface area (Å²) >= 11 is 0. The van der Waals surface area contributed by atoms with Crippen LogP contribution in [0.2, 0.25) is 0 Å². The van der Waals surface area contributed by atoms with Gasteiger partial charge >= 0.3 is 0 Å². The van der Waals surface area contributed by atoms with E-state index in [2.05, 4.69) is 10.6 Å². The van der Waals surface area contributed by atoms with Crippen molar-refractivity contribution in [3.63, 3.8) is 0 Å². The monoisotopic (exact) mass is 344 g/mol. The molecule has 1 aromatic rings. The largest absolute Gasteiger partial charge is 0.354 e. The van der Waals surface area contributed by atoms with E-state index in [0.29, 0.717) is 12.0 Å². The van der Waals surface area contributed by atoms with Crippen molar-refractivity contribution in [2.45, 2.75) is 50.6 Å². The molecule has 1 amide bonds. The van der Waals surface area contributed by atoms with Gasteiger partial charge in [-0.15, -0.1) is 12.4 Å². The van der Waals surface area contributed by atoms with E-state index in [-0.39, 0.29) is 42.9 Å². The molecule has 1 aliphatic heterocycles. The lowest BCUT2D eigenvalue weighted by Crippen LogP contribution is -2.43. The van der Waals surface area contributed by atoms with Gasteiger partial charge in [0, 0.05) is 18.2 Å². The van der Waals surface area contributed by atoms with Gasteiger partial charge in [0.25, 0.3) is 0 Å². The third-order valence-corrected chi connectivity index (χ3v) is 4.92. The van der Waals surface area contributed by atoms with Crippen LogP contribution in [0.25, 0.3) is 0 Å². The number of amides is 1. The number of nitrogens with one attached hydrogen (secondary N) is 2. The van der Waals surface area contributed by atoms with Gasteiger partial charge in [-0.25, -0.2) is 8.78 Å². The zero-order valence-corrected chi connectivity index (χ0v) is 13.8. The number of fused-ring (bicyclic) bond motifs is 1. The lowest BCUT2D eigenvalue weighted by molar-refractivity contribution is -0.122. The number of hydrogen-bond donors (Lipinski definition) is 2. The zero-order chi connectivity index (χ0) is 15.5. The SMILES string of the molecule is Cl.O=C(NCCc1c(F)cccc1F)C1CC2CCCCC2N1. The molecular weight excluding hydrogens is 322 g/mol. The molecule has 23 heavy (non-hydrogen) atoms. The first kappa shape index (κ1) is 18.1. The third-order valence-electron chi connectivity index (χ3n) is 4.92. The summed E-state index contributed by atoms with van der Waals surface area (Å²) in [5, 5.41) is 6.21. The molecule has 0 spiro atoms. The standard InChI is InChI=1S/C17H22F2N2O.ClH/c18-13-5-3-6-14(19)12(13)8-9-20-17(22)16-10-11-4-1-2-7-15(11)21-16;/h3,5-6,11,15-16,21H,1-2,4,7-10H2,(H,20,22);1H. The van der Waals surface area contributed by atoms with Crippen LogP contribution in [0.5, 0.6) is 0 Å². The molecule has 0 aromatic heterocycles. The Labute approximate surface area is 141 Å². The van der Waals surface area contributed by atoms with Gasteiger partial charge in [-0.2, -0.15) is 0 Å². The smallest absolute Gasteiger partial charge is 0.237 e. The van der Waals surface area contributed by atoms with E-state index in [1.807, 2.05) is 0 Å². The fourth-order valence-electron chi connectivity index (χ4n) is 3.73. The Kier molecular flexibility index (Phi) is 6.36. The van der Waals surface area contributed by atoms with Crippen LogP contribution in [0, 0.1) is 17.6 Å². The summed E-state index contributed by atoms with van der Waals surface area (Å²) in [5.74, 6) is -0.557. The van der Waals surface area contributed by atoms with Crippen molar-refractivity contribution in [1.82, 2.24) is 10.6 Å². The highest BCUT2D eigenvalue weighted by molar-refractivity contribution is 5.85. The summed E-state index contributed by atoms with van der Waals surface area (Å²) in [6.07, 6.45) is 5.88. The Balaban J connectivity index is 0.00000192. The van der Waals surface area contributed by atoms with Crippen LogP contribution < -0.4 is 10.6 Å². The van der Waals surface area contributed by atoms with E-state index in [0.717, 1.165) is 12.8 Å². The van der Waals surface area contributed by atoms with Crippen LogP contribution in [-0.2, 0) is 11.2 Å². The number of halogens is 3. The first-order valence-electron chi connectivity index (χ1n) is 8.12. The highest BCUT2D eigenvalue weighted by Crippen LogP contribution is 2.33. The molecule has 1 saturated heterocycles. The molecule has 0 radical (unpaired) electrons. The molecule has 1 aromatic carbocycles. The molecule has 1 aliphatic carbocycles. The summed E-state index contributed by atoms with van der Waals surface area (Å²) in [4.78, 5) is 12.2. The lowest BCUT2D eigenvalue weighted by Gasteiger charge is -2.24. The Morgan fingerprint density at radius 1 is 1.22 bits per heavy atom. The van der Waals surface area contributed by atoms with Gasteiger partial charge in [-0.1, -0.05) is 18.9 Å². The quantitative estimate of drug-likeness (QED) is 0.881. The maximum absolute atomic E-state index is 13.5. The predicted octanol–water partition coefficient (Wildman–Crippen LogP) is 2.97. The van der Waals surface area contributed by atoms with Crippen molar-refractivity contribution in [2.24, 2.45) is 5.92 Å². The Hall–Kier alpha value is -1.20. The van der Waals surface area contributed by atoms with Crippen molar-refractivity contribution in [3.8, 4) is 0 Å². The topological polar surface area (TPSA) is 41.1 Å². The summed E-state index contributed by atoms with van der Waals surface area (Å²) in [5.41, 5.74) is 0.0378. The molecule has 6 heteroatoms. The van der Waals surface area contributed by atoms with Gasteiger partial charge in [-0.3, -0.25) is 4.79 Å². The van der Waals surface area contributed by atoms with E-state index in [1.54, 1.807) is 0 Å². The number of hydrogen-bond acceptors (Lipinski definition) is 2. The summed E-state index contributed by atoms with van der Waals surface area (Å²) < 4.78 is 27.0. The second-order valence-corrected chi connectivity index (χ2v) is 6.35. The minimum Gasteiger partial charge on any atom is -0.354 e. The van der Waals surface area contributed by atoms with Gasteiger partial charge in [0.15, 0.2) is 0 Å². The molecule has 128 valence electrons. The fraction of sp³-hybridized carbons (Fsp3) is 0.588. The van der Waals surface area contributed by atoms with E-state index in [9.17, 15) is 13.6 Å². The molecule has 2 aliphatic rings. The van der Waals surface area contributed by atoms with Crippen molar-refractivity contribution in [3.05, 3.63) is 35.4 Å². The number of benzene rings is 1. The average molecular weight is 345 g/mol. The Morgan fingerprint density at radius 3 is 2.61 bits per heavy atom. The number of rotatable bonds is 4. The third kappa shape index (κ3) is 4.21. The molecule has 1 heterocycles.